The average Bonchev–Trinajstić information content (AvgIpc) is 3.04. The third kappa shape index (κ3) is 4.82. The molecule has 0 unspecified atom stereocenters. The van der Waals surface area contributed by atoms with Crippen molar-refractivity contribution in [3.63, 3.8) is 0 Å². The number of hydrogen-bond acceptors (Lipinski definition) is 5. The van der Waals surface area contributed by atoms with Crippen LogP contribution in [0.2, 0.25) is 0 Å². The zero-order valence-corrected chi connectivity index (χ0v) is 15.4. The molecule has 2 aromatic rings. The standard InChI is InChI=1S/C17H24N4O2S/c1-5-11(3)15(18)16-20-21-17(23-16)24-9-14(22)19-13-8-10(2)6-7-12(13)4/h6-8,11,15H,5,9,18H2,1-4H3,(H,19,22)/p+1/t11-,15+/m1/s1. The number of nitrogens with zero attached hydrogens (tertiary/aromatic N) is 2. The highest BCUT2D eigenvalue weighted by Gasteiger charge is 2.23. The Morgan fingerprint density at radius 1 is 1.38 bits per heavy atom. The average molecular weight is 349 g/mol. The maximum atomic E-state index is 12.1. The number of rotatable bonds is 7. The van der Waals surface area contributed by atoms with Crippen LogP contribution < -0.4 is 11.1 Å². The molecule has 0 radical (unpaired) electrons. The molecule has 7 heteroatoms. The number of benzene rings is 1. The maximum Gasteiger partial charge on any atom is 0.277 e. The zero-order valence-electron chi connectivity index (χ0n) is 14.6. The molecule has 0 aliphatic heterocycles. The van der Waals surface area contributed by atoms with E-state index in [2.05, 4.69) is 35.1 Å². The predicted octanol–water partition coefficient (Wildman–Crippen LogP) is 2.75. The van der Waals surface area contributed by atoms with Gasteiger partial charge in [0.15, 0.2) is 6.04 Å². The van der Waals surface area contributed by atoms with Crippen molar-refractivity contribution >= 4 is 23.4 Å². The molecule has 2 atom stereocenters. The lowest BCUT2D eigenvalue weighted by Crippen LogP contribution is -2.56. The highest BCUT2D eigenvalue weighted by molar-refractivity contribution is 7.99. The molecule has 6 nitrogen and oxygen atoms in total. The van der Waals surface area contributed by atoms with Crippen LogP contribution in [0.4, 0.5) is 5.69 Å². The fourth-order valence-corrected chi connectivity index (χ4v) is 2.71. The van der Waals surface area contributed by atoms with Gasteiger partial charge < -0.3 is 15.5 Å². The van der Waals surface area contributed by atoms with Gasteiger partial charge in [-0.15, -0.1) is 10.2 Å². The number of nitrogens with one attached hydrogen (secondary N) is 1. The van der Waals surface area contributed by atoms with E-state index in [0.29, 0.717) is 17.0 Å². The second kappa shape index (κ2) is 8.30. The molecule has 130 valence electrons. The third-order valence-electron chi connectivity index (χ3n) is 4.06. The number of anilines is 1. The van der Waals surface area contributed by atoms with Gasteiger partial charge in [0.1, 0.15) is 0 Å². The van der Waals surface area contributed by atoms with Gasteiger partial charge in [0.05, 0.1) is 5.75 Å². The normalized spacial score (nSPS) is 13.5. The smallest absolute Gasteiger partial charge is 0.277 e. The van der Waals surface area contributed by atoms with Crippen molar-refractivity contribution in [3.8, 4) is 0 Å². The first-order chi connectivity index (χ1) is 11.4. The summed E-state index contributed by atoms with van der Waals surface area (Å²) in [5.41, 5.74) is 7.05. The maximum absolute atomic E-state index is 12.1. The van der Waals surface area contributed by atoms with Crippen molar-refractivity contribution in [1.29, 1.82) is 0 Å². The first kappa shape index (κ1) is 18.5. The molecule has 4 N–H and O–H groups in total. The molecule has 1 amide bonds. The second-order valence-electron chi connectivity index (χ2n) is 6.05. The Bertz CT molecular complexity index is 702. The van der Waals surface area contributed by atoms with E-state index < -0.39 is 0 Å². The summed E-state index contributed by atoms with van der Waals surface area (Å²) >= 11 is 1.24. The molecule has 0 saturated carbocycles. The lowest BCUT2D eigenvalue weighted by atomic mass is 10.0. The third-order valence-corrected chi connectivity index (χ3v) is 4.88. The van der Waals surface area contributed by atoms with E-state index >= 15 is 0 Å². The number of quaternary nitrogens is 1. The van der Waals surface area contributed by atoms with Gasteiger partial charge in [-0.1, -0.05) is 37.7 Å². The van der Waals surface area contributed by atoms with Gasteiger partial charge in [0.25, 0.3) is 11.1 Å². The van der Waals surface area contributed by atoms with Crippen LogP contribution in [0.25, 0.3) is 0 Å². The number of hydrogen-bond donors (Lipinski definition) is 2. The minimum absolute atomic E-state index is 0.0272. The SMILES string of the molecule is CC[C@@H](C)[C@H]([NH3+])c1nnc(SCC(=O)Nc2cc(C)ccc2C)o1. The topological polar surface area (TPSA) is 95.7 Å². The number of amides is 1. The van der Waals surface area contributed by atoms with Crippen molar-refractivity contribution in [2.24, 2.45) is 5.92 Å². The van der Waals surface area contributed by atoms with Crippen molar-refractivity contribution in [2.45, 2.75) is 45.4 Å². The lowest BCUT2D eigenvalue weighted by molar-refractivity contribution is -0.444. The van der Waals surface area contributed by atoms with Gasteiger partial charge in [-0.3, -0.25) is 4.79 Å². The monoisotopic (exact) mass is 349 g/mol. The molecule has 0 aliphatic carbocycles. The van der Waals surface area contributed by atoms with E-state index in [9.17, 15) is 4.79 Å². The molecule has 0 fully saturated rings. The molecule has 0 spiro atoms. The van der Waals surface area contributed by atoms with Crippen LogP contribution >= 0.6 is 11.8 Å². The van der Waals surface area contributed by atoms with E-state index in [1.807, 2.05) is 32.0 Å². The van der Waals surface area contributed by atoms with Crippen LogP contribution in [0.5, 0.6) is 0 Å². The number of carbonyl (C=O) groups excluding carboxylic acids is 1. The number of carbonyl (C=O) groups is 1. The molecule has 2 rings (SSSR count). The van der Waals surface area contributed by atoms with Gasteiger partial charge in [0, 0.05) is 11.6 Å². The largest absolute Gasteiger partial charge is 0.410 e. The highest BCUT2D eigenvalue weighted by atomic mass is 32.2. The van der Waals surface area contributed by atoms with Crippen molar-refractivity contribution in [2.75, 3.05) is 11.1 Å². The number of aromatic nitrogens is 2. The van der Waals surface area contributed by atoms with Gasteiger partial charge in [-0.2, -0.15) is 0 Å². The van der Waals surface area contributed by atoms with Crippen LogP contribution in [0.1, 0.15) is 43.3 Å². The quantitative estimate of drug-likeness (QED) is 0.749. The molecule has 0 aliphatic rings. The summed E-state index contributed by atoms with van der Waals surface area (Å²) in [7, 11) is 0. The Kier molecular flexibility index (Phi) is 6.39. The molecule has 0 bridgehead atoms. The molecular weight excluding hydrogens is 324 g/mol. The van der Waals surface area contributed by atoms with E-state index in [1.165, 1.54) is 11.8 Å². The first-order valence-corrected chi connectivity index (χ1v) is 9.05. The Labute approximate surface area is 146 Å². The summed E-state index contributed by atoms with van der Waals surface area (Å²) in [5.74, 6) is 1.03. The minimum Gasteiger partial charge on any atom is -0.410 e. The van der Waals surface area contributed by atoms with Crippen molar-refractivity contribution in [3.05, 3.63) is 35.2 Å². The lowest BCUT2D eigenvalue weighted by Gasteiger charge is -2.10. The summed E-state index contributed by atoms with van der Waals surface area (Å²) in [5, 5.41) is 11.3. The Hall–Kier alpha value is -1.86. The van der Waals surface area contributed by atoms with E-state index in [0.717, 1.165) is 23.2 Å². The summed E-state index contributed by atoms with van der Waals surface area (Å²) in [6.07, 6.45) is 0.997. The van der Waals surface area contributed by atoms with Crippen molar-refractivity contribution < 1.29 is 14.9 Å². The Morgan fingerprint density at radius 3 is 2.83 bits per heavy atom. The summed E-state index contributed by atoms with van der Waals surface area (Å²) < 4.78 is 5.61. The second-order valence-corrected chi connectivity index (χ2v) is 6.98. The van der Waals surface area contributed by atoms with Crippen LogP contribution in [0.3, 0.4) is 0 Å². The van der Waals surface area contributed by atoms with E-state index in [1.54, 1.807) is 0 Å². The van der Waals surface area contributed by atoms with Gasteiger partial charge in [0.2, 0.25) is 5.91 Å². The highest BCUT2D eigenvalue weighted by Crippen LogP contribution is 2.23. The van der Waals surface area contributed by atoms with Gasteiger partial charge in [-0.25, -0.2) is 0 Å². The van der Waals surface area contributed by atoms with Gasteiger partial charge in [-0.05, 0) is 37.5 Å². The predicted molar refractivity (Wildman–Crippen MR) is 94.7 cm³/mol. The molecule has 1 heterocycles. The molecule has 1 aromatic carbocycles. The van der Waals surface area contributed by atoms with Gasteiger partial charge >= 0.3 is 0 Å². The molecule has 0 saturated heterocycles. The summed E-state index contributed by atoms with van der Waals surface area (Å²) in [6, 6.07) is 5.95. The number of aryl methyl sites for hydroxylation is 2. The number of thioether (sulfide) groups is 1. The summed E-state index contributed by atoms with van der Waals surface area (Å²) in [6.45, 7) is 8.17. The Balaban J connectivity index is 1.90. The van der Waals surface area contributed by atoms with Crippen LogP contribution in [-0.2, 0) is 4.79 Å². The first-order valence-electron chi connectivity index (χ1n) is 8.07. The fraction of sp³-hybridized carbons (Fsp3) is 0.471. The van der Waals surface area contributed by atoms with Crippen molar-refractivity contribution in [1.82, 2.24) is 10.2 Å². The molecule has 1 aromatic heterocycles. The molecular formula is C17H25N4O2S+. The van der Waals surface area contributed by atoms with Crippen LogP contribution in [-0.4, -0.2) is 21.9 Å². The molecule has 24 heavy (non-hydrogen) atoms. The minimum atomic E-state index is -0.0958. The van der Waals surface area contributed by atoms with E-state index in [-0.39, 0.29) is 17.7 Å². The van der Waals surface area contributed by atoms with Crippen LogP contribution in [0, 0.1) is 19.8 Å². The van der Waals surface area contributed by atoms with Crippen LogP contribution in [0.15, 0.2) is 27.8 Å². The Morgan fingerprint density at radius 2 is 2.12 bits per heavy atom. The fourth-order valence-electron chi connectivity index (χ4n) is 2.14. The summed E-state index contributed by atoms with van der Waals surface area (Å²) in [4.78, 5) is 12.1. The zero-order chi connectivity index (χ0) is 17.7. The van der Waals surface area contributed by atoms with E-state index in [4.69, 9.17) is 4.42 Å².